The zero-order valence-corrected chi connectivity index (χ0v) is 10.6. The highest BCUT2D eigenvalue weighted by Gasteiger charge is 2.23. The summed E-state index contributed by atoms with van der Waals surface area (Å²) in [4.78, 5) is 0. The Kier molecular flexibility index (Phi) is 3.57. The lowest BCUT2D eigenvalue weighted by atomic mass is 10.1. The Balaban J connectivity index is 1.98. The largest absolute Gasteiger partial charge is 0.394 e. The van der Waals surface area contributed by atoms with Crippen molar-refractivity contribution in [3.8, 4) is 0 Å². The Morgan fingerprint density at radius 2 is 2.29 bits per heavy atom. The van der Waals surface area contributed by atoms with Crippen molar-refractivity contribution in [2.24, 2.45) is 5.92 Å². The van der Waals surface area contributed by atoms with Crippen molar-refractivity contribution >= 4 is 11.5 Å². The first-order valence-corrected chi connectivity index (χ1v) is 6.36. The monoisotopic (exact) mass is 238 g/mol. The molecule has 1 aromatic heterocycles. The fraction of sp³-hybridized carbons (Fsp3) is 0.750. The second-order valence-electron chi connectivity index (χ2n) is 4.88. The third kappa shape index (κ3) is 2.54. The molecule has 5 nitrogen and oxygen atoms in total. The number of hydrogen-bond acceptors (Lipinski definition) is 4. The van der Waals surface area contributed by atoms with E-state index in [4.69, 9.17) is 5.73 Å². The molecule has 2 atom stereocenters. The minimum Gasteiger partial charge on any atom is -0.394 e. The summed E-state index contributed by atoms with van der Waals surface area (Å²) in [5.41, 5.74) is 7.61. The molecule has 0 spiro atoms. The van der Waals surface area contributed by atoms with E-state index < -0.39 is 0 Å². The molecule has 17 heavy (non-hydrogen) atoms. The van der Waals surface area contributed by atoms with Gasteiger partial charge in [0.1, 0.15) is 5.82 Å². The molecule has 0 amide bonds. The van der Waals surface area contributed by atoms with Crippen LogP contribution in [0.4, 0.5) is 11.5 Å². The molecule has 96 valence electrons. The van der Waals surface area contributed by atoms with Gasteiger partial charge in [0.2, 0.25) is 0 Å². The predicted octanol–water partition coefficient (Wildman–Crippen LogP) is 1.37. The van der Waals surface area contributed by atoms with Crippen LogP contribution in [0, 0.1) is 12.8 Å². The minimum absolute atomic E-state index is 0.114. The first kappa shape index (κ1) is 12.2. The summed E-state index contributed by atoms with van der Waals surface area (Å²) in [5.74, 6) is 1.47. The number of rotatable bonds is 4. The number of anilines is 2. The number of aliphatic hydroxyl groups is 1. The van der Waals surface area contributed by atoms with Crippen LogP contribution in [0.1, 0.15) is 31.9 Å². The molecule has 0 aromatic carbocycles. The summed E-state index contributed by atoms with van der Waals surface area (Å²) in [6.45, 7) is 5.66. The van der Waals surface area contributed by atoms with Crippen LogP contribution in [0.5, 0.6) is 0 Å². The van der Waals surface area contributed by atoms with Crippen LogP contribution in [0.25, 0.3) is 0 Å². The fourth-order valence-corrected chi connectivity index (χ4v) is 2.49. The van der Waals surface area contributed by atoms with Gasteiger partial charge in [-0.1, -0.05) is 0 Å². The van der Waals surface area contributed by atoms with E-state index in [1.807, 2.05) is 11.6 Å². The van der Waals surface area contributed by atoms with Gasteiger partial charge >= 0.3 is 0 Å². The zero-order valence-electron chi connectivity index (χ0n) is 10.6. The van der Waals surface area contributed by atoms with Gasteiger partial charge in [0.05, 0.1) is 17.5 Å². The minimum atomic E-state index is -0.114. The van der Waals surface area contributed by atoms with Crippen LogP contribution >= 0.6 is 0 Å². The average molecular weight is 238 g/mol. The molecule has 0 radical (unpaired) electrons. The lowest BCUT2D eigenvalue weighted by molar-refractivity contribution is 0.178. The van der Waals surface area contributed by atoms with Crippen LogP contribution in [0.15, 0.2) is 0 Å². The van der Waals surface area contributed by atoms with Gasteiger partial charge in [-0.25, -0.2) is 4.68 Å². The fourth-order valence-electron chi connectivity index (χ4n) is 2.49. The molecule has 5 heteroatoms. The Labute approximate surface area is 102 Å². The summed E-state index contributed by atoms with van der Waals surface area (Å²) in [6, 6.07) is 0. The van der Waals surface area contributed by atoms with Crippen LogP contribution in [0.3, 0.4) is 0 Å². The van der Waals surface area contributed by atoms with Gasteiger partial charge in [0, 0.05) is 13.1 Å². The molecule has 1 aromatic rings. The van der Waals surface area contributed by atoms with Gasteiger partial charge in [0.15, 0.2) is 0 Å². The molecule has 1 aliphatic carbocycles. The van der Waals surface area contributed by atoms with E-state index in [0.717, 1.165) is 49.6 Å². The van der Waals surface area contributed by atoms with E-state index in [0.29, 0.717) is 5.92 Å². The van der Waals surface area contributed by atoms with E-state index in [9.17, 15) is 5.11 Å². The average Bonchev–Trinajstić information content (AvgIpc) is 2.83. The molecular formula is C12H22N4O. The second kappa shape index (κ2) is 4.96. The molecule has 0 bridgehead atoms. The van der Waals surface area contributed by atoms with Gasteiger partial charge in [-0.3, -0.25) is 0 Å². The first-order chi connectivity index (χ1) is 8.11. The third-order valence-corrected chi connectivity index (χ3v) is 3.54. The SMILES string of the molecule is CCn1nc(C)c(N)c1NCC1CCC(O)C1. The number of nitrogen functional groups attached to an aromatic ring is 1. The van der Waals surface area contributed by atoms with Crippen LogP contribution in [0.2, 0.25) is 0 Å². The molecular weight excluding hydrogens is 216 g/mol. The number of aryl methyl sites for hydroxylation is 2. The van der Waals surface area contributed by atoms with E-state index in [1.54, 1.807) is 0 Å². The number of aliphatic hydroxyl groups excluding tert-OH is 1. The summed E-state index contributed by atoms with van der Waals surface area (Å²) in [5, 5.41) is 17.2. The summed E-state index contributed by atoms with van der Waals surface area (Å²) >= 11 is 0. The number of aromatic nitrogens is 2. The van der Waals surface area contributed by atoms with Crippen molar-refractivity contribution in [3.63, 3.8) is 0 Å². The highest BCUT2D eigenvalue weighted by molar-refractivity contribution is 5.64. The lowest BCUT2D eigenvalue weighted by Crippen LogP contribution is -2.16. The number of nitrogens with zero attached hydrogens (tertiary/aromatic N) is 2. The van der Waals surface area contributed by atoms with Crippen LogP contribution in [-0.4, -0.2) is 27.5 Å². The molecule has 4 N–H and O–H groups in total. The molecule has 1 fully saturated rings. The smallest absolute Gasteiger partial charge is 0.148 e. The van der Waals surface area contributed by atoms with Crippen LogP contribution < -0.4 is 11.1 Å². The maximum atomic E-state index is 9.49. The van der Waals surface area contributed by atoms with Gasteiger partial charge in [-0.2, -0.15) is 5.10 Å². The Morgan fingerprint density at radius 1 is 1.53 bits per heavy atom. The highest BCUT2D eigenvalue weighted by Crippen LogP contribution is 2.27. The van der Waals surface area contributed by atoms with Gasteiger partial charge in [0.25, 0.3) is 0 Å². The molecule has 0 aliphatic heterocycles. The third-order valence-electron chi connectivity index (χ3n) is 3.54. The van der Waals surface area contributed by atoms with Gasteiger partial charge < -0.3 is 16.2 Å². The zero-order chi connectivity index (χ0) is 12.4. The van der Waals surface area contributed by atoms with E-state index in [-0.39, 0.29) is 6.10 Å². The predicted molar refractivity (Wildman–Crippen MR) is 68.9 cm³/mol. The van der Waals surface area contributed by atoms with Gasteiger partial charge in [-0.15, -0.1) is 0 Å². The number of nitrogens with one attached hydrogen (secondary N) is 1. The summed E-state index contributed by atoms with van der Waals surface area (Å²) in [6.07, 6.45) is 2.80. The van der Waals surface area contributed by atoms with E-state index in [2.05, 4.69) is 17.3 Å². The molecule has 1 saturated carbocycles. The van der Waals surface area contributed by atoms with Crippen molar-refractivity contribution < 1.29 is 5.11 Å². The van der Waals surface area contributed by atoms with E-state index in [1.165, 1.54) is 0 Å². The van der Waals surface area contributed by atoms with Crippen molar-refractivity contribution in [2.75, 3.05) is 17.6 Å². The quantitative estimate of drug-likeness (QED) is 0.740. The Bertz CT molecular complexity index is 388. The van der Waals surface area contributed by atoms with E-state index >= 15 is 0 Å². The highest BCUT2D eigenvalue weighted by atomic mass is 16.3. The second-order valence-corrected chi connectivity index (χ2v) is 4.88. The molecule has 1 heterocycles. The van der Waals surface area contributed by atoms with Gasteiger partial charge in [-0.05, 0) is 39.0 Å². The number of hydrogen-bond donors (Lipinski definition) is 3. The van der Waals surface area contributed by atoms with Crippen molar-refractivity contribution in [2.45, 2.75) is 45.8 Å². The van der Waals surface area contributed by atoms with Crippen molar-refractivity contribution in [1.29, 1.82) is 0 Å². The maximum absolute atomic E-state index is 9.49. The van der Waals surface area contributed by atoms with Crippen molar-refractivity contribution in [1.82, 2.24) is 9.78 Å². The summed E-state index contributed by atoms with van der Waals surface area (Å²) in [7, 11) is 0. The molecule has 1 aliphatic rings. The number of nitrogens with two attached hydrogens (primary N) is 1. The Hall–Kier alpha value is -1.23. The lowest BCUT2D eigenvalue weighted by Gasteiger charge is -2.13. The normalized spacial score (nSPS) is 24.2. The Morgan fingerprint density at radius 3 is 2.88 bits per heavy atom. The molecule has 0 saturated heterocycles. The standard InChI is InChI=1S/C12H22N4O/c1-3-16-12(11(13)8(2)15-16)14-7-9-4-5-10(17)6-9/h9-10,14,17H,3-7,13H2,1-2H3. The summed E-state index contributed by atoms with van der Waals surface area (Å²) < 4.78 is 1.90. The van der Waals surface area contributed by atoms with Crippen LogP contribution in [-0.2, 0) is 6.54 Å². The topological polar surface area (TPSA) is 76.1 Å². The molecule has 2 unspecified atom stereocenters. The maximum Gasteiger partial charge on any atom is 0.148 e. The molecule has 2 rings (SSSR count). The van der Waals surface area contributed by atoms with Crippen molar-refractivity contribution in [3.05, 3.63) is 5.69 Å². The first-order valence-electron chi connectivity index (χ1n) is 6.36.